The molecular weight excluding hydrogens is 313 g/mol. The molecule has 7 heteroatoms. The van der Waals surface area contributed by atoms with E-state index < -0.39 is 5.82 Å². The Morgan fingerprint density at radius 1 is 1.17 bits per heavy atom. The average Bonchev–Trinajstić information content (AvgIpc) is 2.85. The van der Waals surface area contributed by atoms with Crippen LogP contribution in [-0.2, 0) is 0 Å². The average molecular weight is 325 g/mol. The number of aryl methyl sites for hydroxylation is 1. The summed E-state index contributed by atoms with van der Waals surface area (Å²) in [7, 11) is 0. The highest BCUT2D eigenvalue weighted by Gasteiger charge is 2.18. The maximum atomic E-state index is 14.1. The first-order valence-corrected chi connectivity index (χ1v) is 7.51. The van der Waals surface area contributed by atoms with E-state index in [0.717, 1.165) is 4.88 Å². The minimum Gasteiger partial charge on any atom is -0.383 e. The molecule has 0 aliphatic heterocycles. The summed E-state index contributed by atoms with van der Waals surface area (Å²) in [4.78, 5) is 9.15. The van der Waals surface area contributed by atoms with Crippen LogP contribution in [0.4, 0.5) is 15.3 Å². The van der Waals surface area contributed by atoms with Crippen molar-refractivity contribution in [3.63, 3.8) is 0 Å². The van der Waals surface area contributed by atoms with Crippen LogP contribution in [0.15, 0.2) is 30.3 Å². The Balaban J connectivity index is 2.29. The van der Waals surface area contributed by atoms with Crippen molar-refractivity contribution < 1.29 is 4.39 Å². The van der Waals surface area contributed by atoms with Crippen molar-refractivity contribution in [2.24, 2.45) is 0 Å². The monoisotopic (exact) mass is 325 g/mol. The number of benzene rings is 1. The van der Waals surface area contributed by atoms with E-state index in [2.05, 4.69) is 9.97 Å². The molecule has 23 heavy (non-hydrogen) atoms. The summed E-state index contributed by atoms with van der Waals surface area (Å²) in [5.74, 6) is -0.379. The molecule has 4 N–H and O–H groups in total. The fraction of sp³-hybridized carbons (Fsp3) is 0.0625. The van der Waals surface area contributed by atoms with Gasteiger partial charge in [-0.15, -0.1) is 0 Å². The zero-order valence-corrected chi connectivity index (χ0v) is 13.0. The molecule has 0 bridgehead atoms. The maximum Gasteiger partial charge on any atom is 0.180 e. The Morgan fingerprint density at radius 2 is 1.91 bits per heavy atom. The van der Waals surface area contributed by atoms with E-state index in [4.69, 9.17) is 11.5 Å². The van der Waals surface area contributed by atoms with Crippen LogP contribution in [0.5, 0.6) is 0 Å². The Labute approximate surface area is 136 Å². The van der Waals surface area contributed by atoms with Gasteiger partial charge in [0.25, 0.3) is 0 Å². The first kappa shape index (κ1) is 14.9. The van der Waals surface area contributed by atoms with Crippen LogP contribution in [0.1, 0.15) is 11.3 Å². The first-order chi connectivity index (χ1) is 11.0. The lowest BCUT2D eigenvalue weighted by atomic mass is 9.99. The second-order valence-electron chi connectivity index (χ2n) is 4.87. The Hall–Kier alpha value is -2.98. The van der Waals surface area contributed by atoms with Gasteiger partial charge in [-0.05, 0) is 19.1 Å². The van der Waals surface area contributed by atoms with E-state index in [1.165, 1.54) is 17.4 Å². The number of aromatic nitrogens is 2. The number of hydrogen-bond donors (Lipinski definition) is 2. The lowest BCUT2D eigenvalue weighted by Gasteiger charge is -2.10. The van der Waals surface area contributed by atoms with Crippen molar-refractivity contribution in [2.45, 2.75) is 6.92 Å². The van der Waals surface area contributed by atoms with Gasteiger partial charge in [0, 0.05) is 11.1 Å². The normalized spacial score (nSPS) is 10.5. The molecule has 0 unspecified atom stereocenters. The number of anilines is 2. The maximum absolute atomic E-state index is 14.1. The molecule has 3 aromatic rings. The van der Waals surface area contributed by atoms with E-state index in [1.807, 2.05) is 6.07 Å². The van der Waals surface area contributed by atoms with Crippen LogP contribution in [-0.4, -0.2) is 9.97 Å². The molecule has 0 radical (unpaired) electrons. The highest BCUT2D eigenvalue weighted by Crippen LogP contribution is 2.36. The first-order valence-electron chi connectivity index (χ1n) is 6.70. The third kappa shape index (κ3) is 2.60. The van der Waals surface area contributed by atoms with E-state index in [-0.39, 0.29) is 11.4 Å². The van der Waals surface area contributed by atoms with Gasteiger partial charge in [-0.3, -0.25) is 0 Å². The molecular formula is C16H12FN5S. The second-order valence-corrected chi connectivity index (χ2v) is 5.90. The smallest absolute Gasteiger partial charge is 0.180 e. The third-order valence-corrected chi connectivity index (χ3v) is 4.38. The summed E-state index contributed by atoms with van der Waals surface area (Å²) in [5.41, 5.74) is 13.7. The fourth-order valence-electron chi connectivity index (χ4n) is 2.35. The lowest BCUT2D eigenvalue weighted by molar-refractivity contribution is 0.631. The number of hydrogen-bond acceptors (Lipinski definition) is 6. The number of nitrogens with two attached hydrogens (primary N) is 2. The van der Waals surface area contributed by atoms with Gasteiger partial charge in [0.15, 0.2) is 5.13 Å². The molecule has 2 heterocycles. The van der Waals surface area contributed by atoms with Crippen molar-refractivity contribution in [3.8, 4) is 27.8 Å². The van der Waals surface area contributed by atoms with Crippen LogP contribution in [0, 0.1) is 24.1 Å². The standard InChI is InChI=1S/C16H12FN5S/c1-8-14(23-16(20)21-8)13-6-10(11(7-18)15(19)22-13)9-4-2-3-5-12(9)17/h2-6H,1H3,(H2,19,22)(H2,20,21). The molecule has 1 aromatic carbocycles. The lowest BCUT2D eigenvalue weighted by Crippen LogP contribution is -2.00. The molecule has 0 atom stereocenters. The molecule has 3 rings (SSSR count). The van der Waals surface area contributed by atoms with Gasteiger partial charge in [-0.2, -0.15) is 5.26 Å². The quantitative estimate of drug-likeness (QED) is 0.752. The van der Waals surface area contributed by atoms with Crippen LogP contribution in [0.3, 0.4) is 0 Å². The molecule has 0 saturated heterocycles. The molecule has 114 valence electrons. The molecule has 0 aliphatic carbocycles. The van der Waals surface area contributed by atoms with E-state index >= 15 is 0 Å². The van der Waals surface area contributed by atoms with Crippen molar-refractivity contribution in [2.75, 3.05) is 11.5 Å². The number of halogens is 1. The number of rotatable bonds is 2. The van der Waals surface area contributed by atoms with Crippen LogP contribution in [0.2, 0.25) is 0 Å². The summed E-state index contributed by atoms with van der Waals surface area (Å²) in [6.45, 7) is 1.81. The van der Waals surface area contributed by atoms with Crippen molar-refractivity contribution in [3.05, 3.63) is 47.4 Å². The summed E-state index contributed by atoms with van der Waals surface area (Å²) in [5, 5.41) is 9.76. The Morgan fingerprint density at radius 3 is 2.52 bits per heavy atom. The Kier molecular flexibility index (Phi) is 3.68. The van der Waals surface area contributed by atoms with Crippen LogP contribution < -0.4 is 11.5 Å². The second kappa shape index (κ2) is 5.66. The summed E-state index contributed by atoms with van der Waals surface area (Å²) >= 11 is 1.27. The number of nitriles is 1. The number of pyridine rings is 1. The SMILES string of the molecule is Cc1nc(N)sc1-c1cc(-c2ccccc2F)c(C#N)c(N)n1. The van der Waals surface area contributed by atoms with Gasteiger partial charge in [0.05, 0.1) is 16.3 Å². The van der Waals surface area contributed by atoms with Gasteiger partial charge in [0.1, 0.15) is 23.3 Å². The number of nitrogen functional groups attached to an aromatic ring is 2. The van der Waals surface area contributed by atoms with Gasteiger partial charge < -0.3 is 11.5 Å². The van der Waals surface area contributed by atoms with Crippen molar-refractivity contribution in [1.29, 1.82) is 5.26 Å². The molecule has 0 aliphatic rings. The van der Waals surface area contributed by atoms with Crippen molar-refractivity contribution >= 4 is 22.3 Å². The zero-order valence-electron chi connectivity index (χ0n) is 12.2. The summed E-state index contributed by atoms with van der Waals surface area (Å²) in [6, 6.07) is 9.87. The van der Waals surface area contributed by atoms with Crippen LogP contribution >= 0.6 is 11.3 Å². The third-order valence-electron chi connectivity index (χ3n) is 3.37. The van der Waals surface area contributed by atoms with Gasteiger partial charge in [-0.25, -0.2) is 14.4 Å². The molecule has 0 saturated carbocycles. The summed E-state index contributed by atoms with van der Waals surface area (Å²) in [6.07, 6.45) is 0. The molecule has 2 aromatic heterocycles. The van der Waals surface area contributed by atoms with Gasteiger partial charge >= 0.3 is 0 Å². The highest BCUT2D eigenvalue weighted by atomic mass is 32.1. The van der Waals surface area contributed by atoms with Gasteiger partial charge in [-0.1, -0.05) is 29.5 Å². The topological polar surface area (TPSA) is 102 Å². The number of thiazole rings is 1. The van der Waals surface area contributed by atoms with Gasteiger partial charge in [0.2, 0.25) is 0 Å². The number of nitrogens with zero attached hydrogens (tertiary/aromatic N) is 3. The molecule has 0 fully saturated rings. The molecule has 5 nitrogen and oxygen atoms in total. The largest absolute Gasteiger partial charge is 0.383 e. The van der Waals surface area contributed by atoms with E-state index in [0.29, 0.717) is 27.6 Å². The minimum absolute atomic E-state index is 0.0506. The predicted molar refractivity (Wildman–Crippen MR) is 89.0 cm³/mol. The van der Waals surface area contributed by atoms with E-state index in [1.54, 1.807) is 31.2 Å². The zero-order chi connectivity index (χ0) is 16.6. The minimum atomic E-state index is -0.430. The fourth-order valence-corrected chi connectivity index (χ4v) is 3.14. The Bertz CT molecular complexity index is 942. The van der Waals surface area contributed by atoms with Crippen LogP contribution in [0.25, 0.3) is 21.7 Å². The highest BCUT2D eigenvalue weighted by molar-refractivity contribution is 7.18. The molecule has 0 spiro atoms. The molecule has 0 amide bonds. The summed E-state index contributed by atoms with van der Waals surface area (Å²) < 4.78 is 14.1. The van der Waals surface area contributed by atoms with Crippen molar-refractivity contribution in [1.82, 2.24) is 9.97 Å². The predicted octanol–water partition coefficient (Wildman–Crippen LogP) is 3.36. The van der Waals surface area contributed by atoms with E-state index in [9.17, 15) is 9.65 Å².